The summed E-state index contributed by atoms with van der Waals surface area (Å²) in [4.78, 5) is 19.4. The molecule has 7 heterocycles. The van der Waals surface area contributed by atoms with E-state index in [9.17, 15) is 0 Å². The zero-order valence-electron chi connectivity index (χ0n) is 37.0. The SMILES string of the molecule is Cc1ccnc(-n2c3ccccc3c3ccc(Oc4cc5c(c(-c6cnc(-c7cc(Oc8ccc9c%10ccccc%10n(-c%10cc(C)ccn%10)c9c8)cc8c7OCCO8)cn6)c4)OCCO5)cc32)c1. The lowest BCUT2D eigenvalue weighted by atomic mass is 10.1. The lowest BCUT2D eigenvalue weighted by Gasteiger charge is -2.23. The van der Waals surface area contributed by atoms with E-state index in [0.29, 0.717) is 94.9 Å². The van der Waals surface area contributed by atoms with Crippen molar-refractivity contribution in [3.63, 3.8) is 0 Å². The molecule has 0 amide bonds. The number of ether oxygens (including phenoxy) is 6. The molecular formula is C56H40N6O6. The summed E-state index contributed by atoms with van der Waals surface area (Å²) in [5.74, 6) is 6.37. The topological polar surface area (TPSA) is 117 Å². The van der Waals surface area contributed by atoms with Crippen molar-refractivity contribution in [1.82, 2.24) is 29.1 Å². The predicted octanol–water partition coefficient (Wildman–Crippen LogP) is 12.5. The van der Waals surface area contributed by atoms with E-state index in [1.54, 1.807) is 12.4 Å². The van der Waals surface area contributed by atoms with Crippen molar-refractivity contribution < 1.29 is 28.4 Å². The fraction of sp³-hybridized carbons (Fsp3) is 0.107. The van der Waals surface area contributed by atoms with Crippen LogP contribution in [-0.2, 0) is 0 Å². The Morgan fingerprint density at radius 3 is 1.31 bits per heavy atom. The zero-order chi connectivity index (χ0) is 45.3. The van der Waals surface area contributed by atoms with Crippen molar-refractivity contribution in [2.45, 2.75) is 13.8 Å². The van der Waals surface area contributed by atoms with E-state index in [4.69, 9.17) is 48.4 Å². The fourth-order valence-corrected chi connectivity index (χ4v) is 9.44. The maximum Gasteiger partial charge on any atom is 0.171 e. The van der Waals surface area contributed by atoms with Gasteiger partial charge >= 0.3 is 0 Å². The minimum atomic E-state index is 0.397. The number of nitrogens with zero attached hydrogens (tertiary/aromatic N) is 6. The Balaban J connectivity index is 0.845. The second-order valence-corrected chi connectivity index (χ2v) is 16.9. The molecule has 5 aromatic heterocycles. The van der Waals surface area contributed by atoms with Crippen molar-refractivity contribution in [2.75, 3.05) is 26.4 Å². The van der Waals surface area contributed by atoms with E-state index >= 15 is 0 Å². The van der Waals surface area contributed by atoms with Gasteiger partial charge in [-0.25, -0.2) is 9.97 Å². The minimum Gasteiger partial charge on any atom is -0.486 e. The average molecular weight is 893 g/mol. The first-order chi connectivity index (χ1) is 33.5. The molecule has 0 N–H and O–H groups in total. The number of fused-ring (bicyclic) bond motifs is 8. The number of aromatic nitrogens is 6. The van der Waals surface area contributed by atoms with Crippen molar-refractivity contribution >= 4 is 43.6 Å². The number of hydrogen-bond acceptors (Lipinski definition) is 10. The lowest BCUT2D eigenvalue weighted by molar-refractivity contribution is 0.171. The van der Waals surface area contributed by atoms with Gasteiger partial charge in [0.1, 0.15) is 61.1 Å². The molecule has 68 heavy (non-hydrogen) atoms. The number of aryl methyl sites for hydroxylation is 2. The standard InChI is InChI=1S/C56H40N6O6/c1-33-15-17-57-53(23-33)61-47-9-5-3-7-39(47)41-13-11-35(27-49(41)61)67-37-25-43(55-51(29-37)63-19-21-65-55)45-31-60-46(32-59-45)44-26-38(30-52-56(44)66-22-20-64-52)68-36-12-14-42-40-8-4-6-10-48(40)62(50(42)28-36)54-24-34(2)16-18-58-54/h3-18,23-32H,19-22H2,1-2H3. The Morgan fingerprint density at radius 2 is 0.853 bits per heavy atom. The molecule has 0 atom stereocenters. The quantitative estimate of drug-likeness (QED) is 0.146. The maximum atomic E-state index is 6.65. The van der Waals surface area contributed by atoms with E-state index in [1.807, 2.05) is 73.1 Å². The highest BCUT2D eigenvalue weighted by Gasteiger charge is 2.25. The Bertz CT molecular complexity index is 3560. The van der Waals surface area contributed by atoms with Crippen LogP contribution < -0.4 is 28.4 Å². The molecule has 0 saturated heterocycles. The van der Waals surface area contributed by atoms with Crippen LogP contribution in [0.25, 0.3) is 77.8 Å². The maximum absolute atomic E-state index is 6.65. The van der Waals surface area contributed by atoms with Crippen LogP contribution in [-0.4, -0.2) is 55.5 Å². The van der Waals surface area contributed by atoms with Gasteiger partial charge in [0, 0.05) is 58.2 Å². The highest BCUT2D eigenvalue weighted by molar-refractivity contribution is 6.10. The summed E-state index contributed by atoms with van der Waals surface area (Å²) in [6.45, 7) is 5.75. The van der Waals surface area contributed by atoms with Gasteiger partial charge in [0.05, 0.1) is 57.0 Å². The third kappa shape index (κ3) is 6.76. The van der Waals surface area contributed by atoms with E-state index in [2.05, 4.69) is 95.8 Å². The van der Waals surface area contributed by atoms with Crippen molar-refractivity contribution in [3.8, 4) is 80.1 Å². The van der Waals surface area contributed by atoms with Crippen LogP contribution in [0.3, 0.4) is 0 Å². The summed E-state index contributed by atoms with van der Waals surface area (Å²) in [5, 5.41) is 4.47. The summed E-state index contributed by atoms with van der Waals surface area (Å²) in [5.41, 5.74) is 8.86. The summed E-state index contributed by atoms with van der Waals surface area (Å²) >= 11 is 0. The molecule has 0 spiro atoms. The van der Waals surface area contributed by atoms with Crippen LogP contribution in [0.1, 0.15) is 11.1 Å². The van der Waals surface area contributed by atoms with Crippen LogP contribution >= 0.6 is 0 Å². The van der Waals surface area contributed by atoms with Crippen molar-refractivity contribution in [1.29, 1.82) is 0 Å². The van der Waals surface area contributed by atoms with Crippen LogP contribution in [0.5, 0.6) is 46.0 Å². The van der Waals surface area contributed by atoms with E-state index < -0.39 is 0 Å². The molecule has 12 heteroatoms. The normalized spacial score (nSPS) is 13.1. The number of rotatable bonds is 8. The van der Waals surface area contributed by atoms with Gasteiger partial charge in [0.15, 0.2) is 23.0 Å². The second kappa shape index (κ2) is 15.9. The molecule has 13 rings (SSSR count). The smallest absolute Gasteiger partial charge is 0.171 e. The molecule has 11 aromatic rings. The first-order valence-electron chi connectivity index (χ1n) is 22.5. The van der Waals surface area contributed by atoms with Gasteiger partial charge in [-0.2, -0.15) is 0 Å². The van der Waals surface area contributed by atoms with E-state index in [0.717, 1.165) is 66.4 Å². The highest BCUT2D eigenvalue weighted by atomic mass is 16.6. The third-order valence-corrected chi connectivity index (χ3v) is 12.5. The van der Waals surface area contributed by atoms with E-state index in [-0.39, 0.29) is 0 Å². The van der Waals surface area contributed by atoms with Gasteiger partial charge in [-0.15, -0.1) is 0 Å². The van der Waals surface area contributed by atoms with Crippen LogP contribution in [0.4, 0.5) is 0 Å². The average Bonchev–Trinajstić information content (AvgIpc) is 3.88. The number of benzene rings is 6. The van der Waals surface area contributed by atoms with Gasteiger partial charge in [-0.3, -0.25) is 19.1 Å². The first kappa shape index (κ1) is 39.5. The molecule has 0 saturated carbocycles. The molecule has 0 unspecified atom stereocenters. The van der Waals surface area contributed by atoms with Crippen LogP contribution in [0.2, 0.25) is 0 Å². The van der Waals surface area contributed by atoms with Gasteiger partial charge in [0.25, 0.3) is 0 Å². The van der Waals surface area contributed by atoms with Gasteiger partial charge < -0.3 is 28.4 Å². The Kier molecular flexibility index (Phi) is 9.24. The predicted molar refractivity (Wildman–Crippen MR) is 262 cm³/mol. The number of pyridine rings is 2. The molecule has 330 valence electrons. The lowest BCUT2D eigenvalue weighted by Crippen LogP contribution is -2.16. The van der Waals surface area contributed by atoms with Crippen molar-refractivity contribution in [3.05, 3.63) is 169 Å². The largest absolute Gasteiger partial charge is 0.486 e. The second-order valence-electron chi connectivity index (χ2n) is 16.9. The van der Waals surface area contributed by atoms with Crippen LogP contribution in [0, 0.1) is 13.8 Å². The Morgan fingerprint density at radius 1 is 0.412 bits per heavy atom. The molecular weight excluding hydrogens is 853 g/mol. The van der Waals surface area contributed by atoms with E-state index in [1.165, 1.54) is 0 Å². The molecule has 2 aliphatic heterocycles. The molecule has 0 fully saturated rings. The zero-order valence-corrected chi connectivity index (χ0v) is 37.0. The molecule has 12 nitrogen and oxygen atoms in total. The number of para-hydroxylation sites is 2. The highest BCUT2D eigenvalue weighted by Crippen LogP contribution is 2.47. The fourth-order valence-electron chi connectivity index (χ4n) is 9.44. The summed E-state index contributed by atoms with van der Waals surface area (Å²) < 4.78 is 42.3. The third-order valence-electron chi connectivity index (χ3n) is 12.5. The first-order valence-corrected chi connectivity index (χ1v) is 22.5. The molecule has 0 aliphatic carbocycles. The van der Waals surface area contributed by atoms with Crippen molar-refractivity contribution in [2.24, 2.45) is 0 Å². The Hall–Kier alpha value is -8.90. The molecule has 0 radical (unpaired) electrons. The van der Waals surface area contributed by atoms with Crippen LogP contribution in [0.15, 0.2) is 158 Å². The van der Waals surface area contributed by atoms with Gasteiger partial charge in [-0.1, -0.05) is 36.4 Å². The molecule has 2 aliphatic rings. The summed E-state index contributed by atoms with van der Waals surface area (Å²) in [7, 11) is 0. The monoisotopic (exact) mass is 892 g/mol. The summed E-state index contributed by atoms with van der Waals surface area (Å²) in [6, 6.07) is 44.7. The Labute approximate surface area is 389 Å². The van der Waals surface area contributed by atoms with Gasteiger partial charge in [0.2, 0.25) is 0 Å². The number of hydrogen-bond donors (Lipinski definition) is 0. The minimum absolute atomic E-state index is 0.397. The molecule has 6 aromatic carbocycles. The molecule has 0 bridgehead atoms. The summed E-state index contributed by atoms with van der Waals surface area (Å²) in [6.07, 6.45) is 7.13. The van der Waals surface area contributed by atoms with Gasteiger partial charge in [-0.05, 0) is 97.8 Å².